The van der Waals surface area contributed by atoms with Crippen molar-refractivity contribution in [2.24, 2.45) is 5.92 Å². The summed E-state index contributed by atoms with van der Waals surface area (Å²) in [7, 11) is 1.62. The van der Waals surface area contributed by atoms with Gasteiger partial charge >= 0.3 is 12.0 Å². The molecule has 0 aromatic heterocycles. The zero-order valence-electron chi connectivity index (χ0n) is 10.1. The lowest BCUT2D eigenvalue weighted by molar-refractivity contribution is -0.137. The quantitative estimate of drug-likeness (QED) is 0.780. The molecule has 1 saturated heterocycles. The van der Waals surface area contributed by atoms with Gasteiger partial charge in [-0.3, -0.25) is 4.79 Å². The molecule has 0 aromatic carbocycles. The van der Waals surface area contributed by atoms with E-state index in [4.69, 9.17) is 5.11 Å². The van der Waals surface area contributed by atoms with E-state index in [0.29, 0.717) is 12.5 Å². The van der Waals surface area contributed by atoms with Gasteiger partial charge in [0.2, 0.25) is 0 Å². The number of hydrogen-bond donors (Lipinski definition) is 2. The van der Waals surface area contributed by atoms with Crippen LogP contribution in [-0.4, -0.2) is 53.6 Å². The first-order valence-corrected chi connectivity index (χ1v) is 7.03. The fourth-order valence-corrected chi connectivity index (χ4v) is 2.89. The van der Waals surface area contributed by atoms with Gasteiger partial charge in [-0.2, -0.15) is 11.8 Å². The fraction of sp³-hybridized carbons (Fsp3) is 0.818. The molecule has 0 unspecified atom stereocenters. The Balaban J connectivity index is 2.16. The Bertz CT molecular complexity index is 267. The Kier molecular flexibility index (Phi) is 6.18. The lowest BCUT2D eigenvalue weighted by Crippen LogP contribution is -2.41. The van der Waals surface area contributed by atoms with Crippen LogP contribution in [0.2, 0.25) is 0 Å². The lowest BCUT2D eigenvalue weighted by atomic mass is 10.0. The second-order valence-electron chi connectivity index (χ2n) is 4.31. The van der Waals surface area contributed by atoms with E-state index in [-0.39, 0.29) is 19.0 Å². The third kappa shape index (κ3) is 5.81. The number of aliphatic carboxylic acids is 1. The maximum absolute atomic E-state index is 11.6. The standard InChI is InChI=1S/C11H20N2O3S/c1-13(5-2-10(14)15)11(16)12-8-9-3-6-17-7-4-9/h9H,2-8H2,1H3,(H,12,16)(H,14,15). The first-order chi connectivity index (χ1) is 8.09. The Hall–Kier alpha value is -0.910. The number of carbonyl (C=O) groups is 2. The maximum Gasteiger partial charge on any atom is 0.317 e. The third-order valence-corrected chi connectivity index (χ3v) is 3.94. The largest absolute Gasteiger partial charge is 0.481 e. The summed E-state index contributed by atoms with van der Waals surface area (Å²) in [4.78, 5) is 23.4. The molecule has 1 rings (SSSR count). The minimum Gasteiger partial charge on any atom is -0.481 e. The molecule has 1 fully saturated rings. The average Bonchev–Trinajstić information content (AvgIpc) is 2.34. The summed E-state index contributed by atoms with van der Waals surface area (Å²) in [6, 6.07) is -0.176. The second-order valence-corrected chi connectivity index (χ2v) is 5.53. The van der Waals surface area contributed by atoms with E-state index in [1.807, 2.05) is 11.8 Å². The smallest absolute Gasteiger partial charge is 0.317 e. The van der Waals surface area contributed by atoms with E-state index >= 15 is 0 Å². The SMILES string of the molecule is CN(CCC(=O)O)C(=O)NCC1CCSCC1. The molecule has 1 heterocycles. The number of carbonyl (C=O) groups excluding carboxylic acids is 1. The summed E-state index contributed by atoms with van der Waals surface area (Å²) in [5, 5.41) is 11.4. The molecule has 0 bridgehead atoms. The molecule has 5 nitrogen and oxygen atoms in total. The molecule has 6 heteroatoms. The van der Waals surface area contributed by atoms with Crippen LogP contribution in [0.3, 0.4) is 0 Å². The highest BCUT2D eigenvalue weighted by molar-refractivity contribution is 7.99. The van der Waals surface area contributed by atoms with Gasteiger partial charge in [-0.15, -0.1) is 0 Å². The topological polar surface area (TPSA) is 69.6 Å². The first-order valence-electron chi connectivity index (χ1n) is 5.88. The molecule has 98 valence electrons. The lowest BCUT2D eigenvalue weighted by Gasteiger charge is -2.23. The van der Waals surface area contributed by atoms with Crippen molar-refractivity contribution in [3.63, 3.8) is 0 Å². The van der Waals surface area contributed by atoms with Gasteiger partial charge in [-0.05, 0) is 30.3 Å². The van der Waals surface area contributed by atoms with Crippen molar-refractivity contribution in [3.05, 3.63) is 0 Å². The van der Waals surface area contributed by atoms with Crippen molar-refractivity contribution in [3.8, 4) is 0 Å². The number of hydrogen-bond acceptors (Lipinski definition) is 3. The van der Waals surface area contributed by atoms with Gasteiger partial charge < -0.3 is 15.3 Å². The number of rotatable bonds is 5. The van der Waals surface area contributed by atoms with Crippen molar-refractivity contribution >= 4 is 23.8 Å². The highest BCUT2D eigenvalue weighted by Gasteiger charge is 2.16. The molecule has 0 aliphatic carbocycles. The van der Waals surface area contributed by atoms with Gasteiger partial charge in [-0.25, -0.2) is 4.79 Å². The summed E-state index contributed by atoms with van der Waals surface area (Å²) in [6.45, 7) is 0.957. The van der Waals surface area contributed by atoms with Gasteiger partial charge in [-0.1, -0.05) is 0 Å². The van der Waals surface area contributed by atoms with Crippen LogP contribution in [0.5, 0.6) is 0 Å². The van der Waals surface area contributed by atoms with Crippen LogP contribution in [0, 0.1) is 5.92 Å². The zero-order valence-corrected chi connectivity index (χ0v) is 11.0. The number of nitrogens with one attached hydrogen (secondary N) is 1. The maximum atomic E-state index is 11.6. The average molecular weight is 260 g/mol. The van der Waals surface area contributed by atoms with Crippen LogP contribution in [0.15, 0.2) is 0 Å². The summed E-state index contributed by atoms with van der Waals surface area (Å²) < 4.78 is 0. The Morgan fingerprint density at radius 2 is 2.06 bits per heavy atom. The van der Waals surface area contributed by atoms with E-state index in [1.165, 1.54) is 16.4 Å². The highest BCUT2D eigenvalue weighted by Crippen LogP contribution is 2.21. The fourth-order valence-electron chi connectivity index (χ4n) is 1.68. The van der Waals surface area contributed by atoms with Gasteiger partial charge in [0.1, 0.15) is 0 Å². The monoisotopic (exact) mass is 260 g/mol. The molecule has 0 spiro atoms. The van der Waals surface area contributed by atoms with E-state index in [0.717, 1.165) is 12.8 Å². The van der Waals surface area contributed by atoms with Crippen LogP contribution in [-0.2, 0) is 4.79 Å². The number of urea groups is 1. The second kappa shape index (κ2) is 7.42. The molecule has 0 radical (unpaired) electrons. The Morgan fingerprint density at radius 1 is 1.41 bits per heavy atom. The minimum atomic E-state index is -0.881. The van der Waals surface area contributed by atoms with E-state index in [1.54, 1.807) is 7.05 Å². The number of amides is 2. The van der Waals surface area contributed by atoms with Crippen LogP contribution in [0.4, 0.5) is 4.79 Å². The summed E-state index contributed by atoms with van der Waals surface area (Å²) in [5.74, 6) is 2.05. The molecule has 2 amide bonds. The van der Waals surface area contributed by atoms with Crippen LogP contribution < -0.4 is 5.32 Å². The van der Waals surface area contributed by atoms with Gasteiger partial charge in [0.05, 0.1) is 6.42 Å². The van der Waals surface area contributed by atoms with Gasteiger partial charge in [0, 0.05) is 20.1 Å². The van der Waals surface area contributed by atoms with E-state index in [2.05, 4.69) is 5.32 Å². The van der Waals surface area contributed by atoms with Crippen LogP contribution in [0.1, 0.15) is 19.3 Å². The molecule has 0 aromatic rings. The Labute approximate surface area is 106 Å². The molecule has 17 heavy (non-hydrogen) atoms. The molecule has 1 aliphatic rings. The molecular weight excluding hydrogens is 240 g/mol. The van der Waals surface area contributed by atoms with Crippen molar-refractivity contribution in [1.29, 1.82) is 0 Å². The van der Waals surface area contributed by atoms with Crippen molar-refractivity contribution in [2.75, 3.05) is 31.6 Å². The molecular formula is C11H20N2O3S. The van der Waals surface area contributed by atoms with Crippen molar-refractivity contribution in [2.45, 2.75) is 19.3 Å². The number of thioether (sulfide) groups is 1. The molecule has 0 saturated carbocycles. The number of nitrogens with zero attached hydrogens (tertiary/aromatic N) is 1. The van der Waals surface area contributed by atoms with E-state index < -0.39 is 5.97 Å². The van der Waals surface area contributed by atoms with E-state index in [9.17, 15) is 9.59 Å². The van der Waals surface area contributed by atoms with Gasteiger partial charge in [0.15, 0.2) is 0 Å². The minimum absolute atomic E-state index is 0.00993. The summed E-state index contributed by atoms with van der Waals surface area (Å²) >= 11 is 1.96. The van der Waals surface area contributed by atoms with Crippen molar-refractivity contribution < 1.29 is 14.7 Å². The molecule has 1 aliphatic heterocycles. The highest BCUT2D eigenvalue weighted by atomic mass is 32.2. The normalized spacial score (nSPS) is 16.5. The number of carboxylic acid groups (broad SMARTS) is 1. The molecule has 2 N–H and O–H groups in total. The predicted octanol–water partition coefficient (Wildman–Crippen LogP) is 1.25. The zero-order chi connectivity index (χ0) is 12.7. The predicted molar refractivity (Wildman–Crippen MR) is 68.3 cm³/mol. The van der Waals surface area contributed by atoms with Gasteiger partial charge in [0.25, 0.3) is 0 Å². The van der Waals surface area contributed by atoms with Crippen LogP contribution in [0.25, 0.3) is 0 Å². The van der Waals surface area contributed by atoms with Crippen molar-refractivity contribution in [1.82, 2.24) is 10.2 Å². The Morgan fingerprint density at radius 3 is 2.65 bits per heavy atom. The molecule has 0 atom stereocenters. The number of carboxylic acids is 1. The third-order valence-electron chi connectivity index (χ3n) is 2.89. The first kappa shape index (κ1) is 14.2. The van der Waals surface area contributed by atoms with Crippen LogP contribution >= 0.6 is 11.8 Å². The summed E-state index contributed by atoms with van der Waals surface area (Å²) in [5.41, 5.74) is 0. The summed E-state index contributed by atoms with van der Waals surface area (Å²) in [6.07, 6.45) is 2.30.